The van der Waals surface area contributed by atoms with E-state index in [0.717, 1.165) is 16.5 Å². The lowest BCUT2D eigenvalue weighted by atomic mass is 9.92. The van der Waals surface area contributed by atoms with Gasteiger partial charge in [0, 0.05) is 24.0 Å². The van der Waals surface area contributed by atoms with E-state index in [9.17, 15) is 14.7 Å². The van der Waals surface area contributed by atoms with E-state index in [-0.39, 0.29) is 30.7 Å². The molecule has 1 unspecified atom stereocenters. The number of para-hydroxylation sites is 1. The second-order valence-electron chi connectivity index (χ2n) is 12.0. The Kier molecular flexibility index (Phi) is 10.7. The zero-order valence-corrected chi connectivity index (χ0v) is 26.9. The summed E-state index contributed by atoms with van der Waals surface area (Å²) in [5.74, 6) is 1.03. The highest BCUT2D eigenvalue weighted by molar-refractivity contribution is 6.07. The van der Waals surface area contributed by atoms with Crippen LogP contribution in [0, 0.1) is 5.41 Å². The zero-order valence-electron chi connectivity index (χ0n) is 26.9. The highest BCUT2D eigenvalue weighted by Crippen LogP contribution is 2.33. The third kappa shape index (κ3) is 8.30. The van der Waals surface area contributed by atoms with Gasteiger partial charge in [0.15, 0.2) is 11.5 Å². The summed E-state index contributed by atoms with van der Waals surface area (Å²) in [6.07, 6.45) is 1.28. The van der Waals surface area contributed by atoms with Crippen molar-refractivity contribution in [1.82, 2.24) is 15.6 Å². The molecule has 238 valence electrons. The number of phenolic OH excluding ortho intramolecular Hbond substituents is 1. The van der Waals surface area contributed by atoms with E-state index in [4.69, 9.17) is 19.2 Å². The Morgan fingerprint density at radius 1 is 0.889 bits per heavy atom. The van der Waals surface area contributed by atoms with Crippen LogP contribution in [-0.4, -0.2) is 61.4 Å². The van der Waals surface area contributed by atoms with Crippen molar-refractivity contribution in [3.63, 3.8) is 0 Å². The predicted molar refractivity (Wildman–Crippen MR) is 176 cm³/mol. The molecule has 3 aromatic carbocycles. The van der Waals surface area contributed by atoms with Gasteiger partial charge in [0.2, 0.25) is 5.91 Å². The van der Waals surface area contributed by atoms with Gasteiger partial charge in [-0.25, -0.2) is 4.98 Å². The van der Waals surface area contributed by atoms with E-state index in [0.29, 0.717) is 47.7 Å². The van der Waals surface area contributed by atoms with Gasteiger partial charge in [-0.2, -0.15) is 0 Å². The number of aromatic hydroxyl groups is 1. The molecule has 4 aromatic rings. The maximum atomic E-state index is 13.7. The molecule has 1 aromatic heterocycles. The molecule has 1 atom stereocenters. The molecule has 9 heteroatoms. The van der Waals surface area contributed by atoms with Crippen molar-refractivity contribution < 1.29 is 28.9 Å². The number of carbonyl (C=O) groups excluding carboxylic acids is 2. The van der Waals surface area contributed by atoms with Crippen LogP contribution in [0.5, 0.6) is 17.2 Å². The average molecular weight is 614 g/mol. The predicted octanol–water partition coefficient (Wildman–Crippen LogP) is 5.92. The number of benzene rings is 3. The van der Waals surface area contributed by atoms with Crippen molar-refractivity contribution in [2.75, 3.05) is 33.9 Å². The van der Waals surface area contributed by atoms with Crippen LogP contribution in [0.4, 0.5) is 0 Å². The van der Waals surface area contributed by atoms with E-state index in [1.54, 1.807) is 32.4 Å². The number of methoxy groups -OCH3 is 2. The van der Waals surface area contributed by atoms with E-state index in [1.807, 2.05) is 82.3 Å². The first-order valence-corrected chi connectivity index (χ1v) is 15.1. The van der Waals surface area contributed by atoms with Gasteiger partial charge >= 0.3 is 0 Å². The van der Waals surface area contributed by atoms with Gasteiger partial charge < -0.3 is 30.0 Å². The summed E-state index contributed by atoms with van der Waals surface area (Å²) in [5, 5.41) is 16.3. The number of nitrogens with zero attached hydrogens (tertiary/aromatic N) is 1. The Balaban J connectivity index is 1.43. The van der Waals surface area contributed by atoms with Gasteiger partial charge in [-0.1, -0.05) is 37.3 Å². The molecular weight excluding hydrogens is 570 g/mol. The molecule has 1 heterocycles. The van der Waals surface area contributed by atoms with Crippen LogP contribution in [0.25, 0.3) is 22.2 Å². The Bertz CT molecular complexity index is 1640. The van der Waals surface area contributed by atoms with Crippen molar-refractivity contribution in [3.05, 3.63) is 83.9 Å². The van der Waals surface area contributed by atoms with Crippen LogP contribution in [-0.2, 0) is 16.0 Å². The van der Waals surface area contributed by atoms with Crippen LogP contribution in [0.1, 0.15) is 50.0 Å². The smallest absolute Gasteiger partial charge is 0.252 e. The molecule has 0 aliphatic carbocycles. The number of amides is 2. The summed E-state index contributed by atoms with van der Waals surface area (Å²) in [5.41, 5.74) is 2.15. The molecule has 2 amide bonds. The average Bonchev–Trinajstić information content (AvgIpc) is 3.06. The Morgan fingerprint density at radius 2 is 1.60 bits per heavy atom. The molecule has 0 bridgehead atoms. The second-order valence-corrected chi connectivity index (χ2v) is 12.0. The normalized spacial score (nSPS) is 12.8. The fourth-order valence-electron chi connectivity index (χ4n) is 4.79. The molecule has 0 saturated heterocycles. The van der Waals surface area contributed by atoms with E-state index in [2.05, 4.69) is 10.6 Å². The molecule has 0 aliphatic rings. The molecule has 9 nitrogen and oxygen atoms in total. The highest BCUT2D eigenvalue weighted by Gasteiger charge is 2.33. The number of rotatable bonds is 14. The van der Waals surface area contributed by atoms with Crippen molar-refractivity contribution in [1.29, 1.82) is 0 Å². The number of ether oxygens (including phenoxy) is 3. The SMILES string of the molecule is CCC(C)(CNC(=O)c1cc(-c2ccc(OC)c(OC)c2)nc2ccccc12)OCC(C)(C)C(=O)NCCc1ccc(O)cc1. The minimum Gasteiger partial charge on any atom is -0.508 e. The Hall–Kier alpha value is -4.63. The summed E-state index contributed by atoms with van der Waals surface area (Å²) >= 11 is 0. The third-order valence-corrected chi connectivity index (χ3v) is 8.04. The van der Waals surface area contributed by atoms with Crippen LogP contribution in [0.2, 0.25) is 0 Å². The molecule has 45 heavy (non-hydrogen) atoms. The Labute approximate surface area is 264 Å². The lowest BCUT2D eigenvalue weighted by Gasteiger charge is -2.33. The summed E-state index contributed by atoms with van der Waals surface area (Å²) in [7, 11) is 3.16. The number of pyridine rings is 1. The fraction of sp³-hybridized carbons (Fsp3) is 0.361. The largest absolute Gasteiger partial charge is 0.508 e. The summed E-state index contributed by atoms with van der Waals surface area (Å²) in [4.78, 5) is 31.5. The van der Waals surface area contributed by atoms with E-state index >= 15 is 0 Å². The van der Waals surface area contributed by atoms with Gasteiger partial charge in [-0.15, -0.1) is 0 Å². The standard InChI is InChI=1S/C36H43N3O6/c1-7-36(4,45-23-35(2,3)34(42)37-19-18-24-12-15-26(40)16-13-24)22-38-33(41)28-21-30(39-29-11-9-8-10-27(28)29)25-14-17-31(43-5)32(20-25)44-6/h8-17,20-21,40H,7,18-19,22-23H2,1-6H3,(H,37,42)(H,38,41). The first-order valence-electron chi connectivity index (χ1n) is 15.1. The van der Waals surface area contributed by atoms with Gasteiger partial charge in [-0.3, -0.25) is 9.59 Å². The lowest BCUT2D eigenvalue weighted by molar-refractivity contribution is -0.137. The van der Waals surface area contributed by atoms with Gasteiger partial charge in [-0.05, 0) is 81.6 Å². The summed E-state index contributed by atoms with van der Waals surface area (Å²) < 4.78 is 17.2. The van der Waals surface area contributed by atoms with Crippen molar-refractivity contribution in [2.24, 2.45) is 5.41 Å². The number of carbonyl (C=O) groups is 2. The number of aromatic nitrogens is 1. The van der Waals surface area contributed by atoms with Crippen molar-refractivity contribution in [3.8, 4) is 28.5 Å². The molecule has 3 N–H and O–H groups in total. The minimum atomic E-state index is -0.787. The molecule has 0 aliphatic heterocycles. The lowest BCUT2D eigenvalue weighted by Crippen LogP contribution is -2.47. The number of hydrogen-bond donors (Lipinski definition) is 3. The summed E-state index contributed by atoms with van der Waals surface area (Å²) in [6, 6.07) is 21.8. The quantitative estimate of drug-likeness (QED) is 0.161. The van der Waals surface area contributed by atoms with Gasteiger partial charge in [0.1, 0.15) is 5.75 Å². The number of phenols is 1. The van der Waals surface area contributed by atoms with Crippen LogP contribution in [0.3, 0.4) is 0 Å². The van der Waals surface area contributed by atoms with Crippen LogP contribution >= 0.6 is 0 Å². The minimum absolute atomic E-state index is 0.116. The Morgan fingerprint density at radius 3 is 2.29 bits per heavy atom. The first kappa shape index (κ1) is 33.3. The molecule has 4 rings (SSSR count). The second kappa shape index (κ2) is 14.4. The maximum Gasteiger partial charge on any atom is 0.252 e. The molecule has 0 saturated carbocycles. The number of hydrogen-bond acceptors (Lipinski definition) is 7. The summed E-state index contributed by atoms with van der Waals surface area (Å²) in [6.45, 7) is 8.52. The third-order valence-electron chi connectivity index (χ3n) is 8.04. The topological polar surface area (TPSA) is 119 Å². The first-order chi connectivity index (χ1) is 21.5. The van der Waals surface area contributed by atoms with Gasteiger partial charge in [0.05, 0.1) is 48.6 Å². The van der Waals surface area contributed by atoms with E-state index in [1.165, 1.54) is 0 Å². The van der Waals surface area contributed by atoms with Gasteiger partial charge in [0.25, 0.3) is 5.91 Å². The van der Waals surface area contributed by atoms with Crippen molar-refractivity contribution in [2.45, 2.75) is 46.1 Å². The number of nitrogens with one attached hydrogen (secondary N) is 2. The van der Waals surface area contributed by atoms with Crippen molar-refractivity contribution >= 4 is 22.7 Å². The highest BCUT2D eigenvalue weighted by atomic mass is 16.5. The van der Waals surface area contributed by atoms with E-state index < -0.39 is 11.0 Å². The molecule has 0 radical (unpaired) electrons. The zero-order chi connectivity index (χ0) is 32.6. The molecule has 0 spiro atoms. The van der Waals surface area contributed by atoms with Crippen LogP contribution < -0.4 is 20.1 Å². The molecular formula is C36H43N3O6. The molecule has 0 fully saturated rings. The fourth-order valence-corrected chi connectivity index (χ4v) is 4.79. The maximum absolute atomic E-state index is 13.7. The van der Waals surface area contributed by atoms with Crippen LogP contribution in [0.15, 0.2) is 72.8 Å². The monoisotopic (exact) mass is 613 g/mol. The number of fused-ring (bicyclic) bond motifs is 1.